The van der Waals surface area contributed by atoms with Crippen molar-refractivity contribution in [3.05, 3.63) is 69.3 Å². The molecule has 1 N–H and O–H groups in total. The first-order chi connectivity index (χ1) is 14.6. The Bertz CT molecular complexity index is 901. The number of carbonyl (C=O) groups is 2. The summed E-state index contributed by atoms with van der Waals surface area (Å²) < 4.78 is 0.856. The van der Waals surface area contributed by atoms with Crippen molar-refractivity contribution < 1.29 is 9.59 Å². The first-order valence-corrected chi connectivity index (χ1v) is 11.5. The fourth-order valence-corrected chi connectivity index (χ4v) is 4.75. The second-order valence-corrected chi connectivity index (χ2v) is 8.83. The van der Waals surface area contributed by atoms with E-state index in [4.69, 9.17) is 6.42 Å². The van der Waals surface area contributed by atoms with Gasteiger partial charge in [-0.15, -0.1) is 6.42 Å². The molecule has 1 saturated carbocycles. The molecule has 1 unspecified atom stereocenters. The minimum Gasteiger partial charge on any atom is -0.350 e. The van der Waals surface area contributed by atoms with Crippen molar-refractivity contribution in [1.82, 2.24) is 10.2 Å². The number of benzene rings is 2. The van der Waals surface area contributed by atoms with E-state index in [0.29, 0.717) is 12.1 Å². The van der Waals surface area contributed by atoms with E-state index in [9.17, 15) is 9.59 Å². The molecular weight excluding hydrogens is 487 g/mol. The molecule has 1 aliphatic rings. The second kappa shape index (κ2) is 11.2. The van der Waals surface area contributed by atoms with Gasteiger partial charge in [0.2, 0.25) is 5.91 Å². The van der Waals surface area contributed by atoms with Crippen LogP contribution in [-0.4, -0.2) is 29.3 Å². The predicted molar refractivity (Wildman–Crippen MR) is 128 cm³/mol. The molecule has 2 amide bonds. The molecule has 0 aliphatic heterocycles. The summed E-state index contributed by atoms with van der Waals surface area (Å²) in [5, 5.41) is 3.05. The molecule has 156 valence electrons. The lowest BCUT2D eigenvalue weighted by Gasteiger charge is -2.37. The van der Waals surface area contributed by atoms with Crippen molar-refractivity contribution >= 4 is 34.4 Å². The molecule has 2 aromatic rings. The number of terminal acetylenes is 1. The predicted octanol–water partition coefficient (Wildman–Crippen LogP) is 4.63. The van der Waals surface area contributed by atoms with Gasteiger partial charge in [-0.25, -0.2) is 0 Å². The van der Waals surface area contributed by atoms with E-state index in [-0.39, 0.29) is 24.3 Å². The highest BCUT2D eigenvalue weighted by Crippen LogP contribution is 2.30. The summed E-state index contributed by atoms with van der Waals surface area (Å²) in [6.45, 7) is 0.549. The summed E-state index contributed by atoms with van der Waals surface area (Å²) in [5.74, 6) is 2.43. The first-order valence-electron chi connectivity index (χ1n) is 10.4. The van der Waals surface area contributed by atoms with Crippen LogP contribution in [-0.2, 0) is 11.3 Å². The Balaban J connectivity index is 1.87. The molecule has 0 bridgehead atoms. The summed E-state index contributed by atoms with van der Waals surface area (Å²) in [6.07, 6.45) is 10.8. The average molecular weight is 514 g/mol. The summed E-state index contributed by atoms with van der Waals surface area (Å²) in [6, 6.07) is 16.7. The van der Waals surface area contributed by atoms with Crippen LogP contribution >= 0.6 is 22.6 Å². The van der Waals surface area contributed by atoms with Gasteiger partial charge in [0.15, 0.2) is 0 Å². The van der Waals surface area contributed by atoms with Crippen molar-refractivity contribution in [2.75, 3.05) is 6.54 Å². The Morgan fingerprint density at radius 2 is 1.73 bits per heavy atom. The van der Waals surface area contributed by atoms with Gasteiger partial charge in [0.25, 0.3) is 5.91 Å². The van der Waals surface area contributed by atoms with Crippen LogP contribution in [0.4, 0.5) is 0 Å². The summed E-state index contributed by atoms with van der Waals surface area (Å²) >= 11 is 2.16. The Labute approximate surface area is 192 Å². The molecule has 0 saturated heterocycles. The zero-order chi connectivity index (χ0) is 21.3. The van der Waals surface area contributed by atoms with Gasteiger partial charge in [0.05, 0.1) is 12.1 Å². The van der Waals surface area contributed by atoms with Crippen molar-refractivity contribution in [2.24, 2.45) is 5.92 Å². The van der Waals surface area contributed by atoms with Gasteiger partial charge in [-0.05, 0) is 59.0 Å². The molecule has 5 heteroatoms. The first kappa shape index (κ1) is 22.4. The minimum atomic E-state index is -0.562. The standard InChI is InChI=1S/C25H27IN2O2/c1-2-17-28(25(30)21-15-9-10-16-22(21)26)23(20-13-7-4-8-14-20)24(29)27-18-19-11-5-3-6-12-19/h1,3,5-6,9-12,15-16,20,23H,4,7-8,13-14,17-18H2,(H,27,29). The van der Waals surface area contributed by atoms with E-state index in [0.717, 1.165) is 34.8 Å². The lowest BCUT2D eigenvalue weighted by Crippen LogP contribution is -2.54. The number of halogens is 1. The lowest BCUT2D eigenvalue weighted by atomic mass is 9.82. The number of amides is 2. The maximum atomic E-state index is 13.5. The van der Waals surface area contributed by atoms with Gasteiger partial charge in [-0.2, -0.15) is 0 Å². The van der Waals surface area contributed by atoms with Crippen LogP contribution in [0.5, 0.6) is 0 Å². The van der Waals surface area contributed by atoms with Gasteiger partial charge < -0.3 is 10.2 Å². The van der Waals surface area contributed by atoms with Crippen LogP contribution in [0, 0.1) is 21.8 Å². The van der Waals surface area contributed by atoms with Crippen LogP contribution in [0.15, 0.2) is 54.6 Å². The molecular formula is C25H27IN2O2. The SMILES string of the molecule is C#CCN(C(=O)c1ccccc1I)C(C(=O)NCc1ccccc1)C1CCCCC1. The zero-order valence-electron chi connectivity index (χ0n) is 17.0. The smallest absolute Gasteiger partial charge is 0.256 e. The molecule has 2 aromatic carbocycles. The fourth-order valence-electron chi connectivity index (χ4n) is 4.13. The van der Waals surface area contributed by atoms with Crippen LogP contribution in [0.1, 0.15) is 48.0 Å². The third kappa shape index (κ3) is 5.63. The topological polar surface area (TPSA) is 49.4 Å². The molecule has 0 heterocycles. The van der Waals surface area contributed by atoms with Crippen LogP contribution in [0.25, 0.3) is 0 Å². The summed E-state index contributed by atoms with van der Waals surface area (Å²) in [7, 11) is 0. The molecule has 1 aliphatic carbocycles. The highest BCUT2D eigenvalue weighted by molar-refractivity contribution is 14.1. The molecule has 1 fully saturated rings. The van der Waals surface area contributed by atoms with E-state index in [1.54, 1.807) is 11.0 Å². The number of hydrogen-bond acceptors (Lipinski definition) is 2. The summed E-state index contributed by atoms with van der Waals surface area (Å²) in [4.78, 5) is 28.4. The normalized spacial score (nSPS) is 15.1. The van der Waals surface area contributed by atoms with E-state index in [1.165, 1.54) is 6.42 Å². The second-order valence-electron chi connectivity index (χ2n) is 7.66. The number of nitrogens with one attached hydrogen (secondary N) is 1. The molecule has 0 aromatic heterocycles. The third-order valence-corrected chi connectivity index (χ3v) is 6.58. The fraction of sp³-hybridized carbons (Fsp3) is 0.360. The molecule has 3 rings (SSSR count). The minimum absolute atomic E-state index is 0.115. The van der Waals surface area contributed by atoms with Gasteiger partial charge in [-0.3, -0.25) is 9.59 Å². The Kier molecular flexibility index (Phi) is 8.32. The number of hydrogen-bond donors (Lipinski definition) is 1. The molecule has 1 atom stereocenters. The molecule has 0 spiro atoms. The van der Waals surface area contributed by atoms with E-state index in [2.05, 4.69) is 33.8 Å². The van der Waals surface area contributed by atoms with Crippen LogP contribution in [0.2, 0.25) is 0 Å². The van der Waals surface area contributed by atoms with Gasteiger partial charge in [0, 0.05) is 10.1 Å². The van der Waals surface area contributed by atoms with E-state index >= 15 is 0 Å². The quantitative estimate of drug-likeness (QED) is 0.433. The average Bonchev–Trinajstić information content (AvgIpc) is 2.78. The third-order valence-electron chi connectivity index (χ3n) is 5.64. The summed E-state index contributed by atoms with van der Waals surface area (Å²) in [5.41, 5.74) is 1.62. The van der Waals surface area contributed by atoms with Gasteiger partial charge >= 0.3 is 0 Å². The molecule has 30 heavy (non-hydrogen) atoms. The van der Waals surface area contributed by atoms with Crippen molar-refractivity contribution in [3.8, 4) is 12.3 Å². The van der Waals surface area contributed by atoms with Gasteiger partial charge in [0.1, 0.15) is 6.04 Å². The number of carbonyl (C=O) groups excluding carboxylic acids is 2. The highest BCUT2D eigenvalue weighted by Gasteiger charge is 2.37. The Morgan fingerprint density at radius 3 is 2.40 bits per heavy atom. The molecule has 4 nitrogen and oxygen atoms in total. The van der Waals surface area contributed by atoms with Crippen LogP contribution < -0.4 is 5.32 Å². The van der Waals surface area contributed by atoms with Gasteiger partial charge in [-0.1, -0.05) is 67.6 Å². The Morgan fingerprint density at radius 1 is 1.07 bits per heavy atom. The highest BCUT2D eigenvalue weighted by atomic mass is 127. The maximum absolute atomic E-state index is 13.5. The van der Waals surface area contributed by atoms with Crippen molar-refractivity contribution in [2.45, 2.75) is 44.7 Å². The lowest BCUT2D eigenvalue weighted by molar-refractivity contribution is -0.128. The molecule has 0 radical (unpaired) electrons. The maximum Gasteiger partial charge on any atom is 0.256 e. The Hall–Kier alpha value is -2.33. The van der Waals surface area contributed by atoms with Crippen molar-refractivity contribution in [3.63, 3.8) is 0 Å². The van der Waals surface area contributed by atoms with Crippen molar-refractivity contribution in [1.29, 1.82) is 0 Å². The van der Waals surface area contributed by atoms with E-state index in [1.807, 2.05) is 48.5 Å². The van der Waals surface area contributed by atoms with Crippen LogP contribution in [0.3, 0.4) is 0 Å². The van der Waals surface area contributed by atoms with E-state index < -0.39 is 6.04 Å². The number of rotatable bonds is 7. The zero-order valence-corrected chi connectivity index (χ0v) is 19.2. The number of nitrogens with zero attached hydrogens (tertiary/aromatic N) is 1. The largest absolute Gasteiger partial charge is 0.350 e. The monoisotopic (exact) mass is 514 g/mol.